The molecule has 0 aliphatic rings. The van der Waals surface area contributed by atoms with E-state index in [4.69, 9.17) is 5.11 Å². The Labute approximate surface area is 74.1 Å². The molecule has 0 rings (SSSR count). The maximum absolute atomic E-state index is 8.51. The summed E-state index contributed by atoms with van der Waals surface area (Å²) in [6.07, 6.45) is 3.35. The summed E-state index contributed by atoms with van der Waals surface area (Å²) in [5, 5.41) is 8.51. The highest BCUT2D eigenvalue weighted by Crippen LogP contribution is 1.87. The predicted octanol–water partition coefficient (Wildman–Crippen LogP) is 2.05. The lowest BCUT2D eigenvalue weighted by Gasteiger charge is -1.81. The molecule has 12 heavy (non-hydrogen) atoms. The van der Waals surface area contributed by atoms with Crippen LogP contribution in [0.4, 0.5) is 0 Å². The van der Waals surface area contributed by atoms with Crippen LogP contribution in [0.5, 0.6) is 0 Å². The van der Waals surface area contributed by atoms with E-state index in [1.165, 1.54) is 0 Å². The minimum atomic E-state index is 0.0485. The number of aliphatic hydroxyl groups is 1. The number of hydrogen-bond donors (Lipinski definition) is 1. The van der Waals surface area contributed by atoms with Crippen molar-refractivity contribution in [3.05, 3.63) is 29.0 Å². The summed E-state index contributed by atoms with van der Waals surface area (Å²) in [4.78, 5) is 0. The Kier molecular flexibility index (Phi) is 5.83. The number of rotatable bonds is 1. The van der Waals surface area contributed by atoms with Crippen molar-refractivity contribution in [1.82, 2.24) is 0 Å². The van der Waals surface area contributed by atoms with Crippen LogP contribution >= 0.6 is 0 Å². The van der Waals surface area contributed by atoms with Crippen molar-refractivity contribution in [1.29, 1.82) is 0 Å². The molecule has 0 aromatic heterocycles. The molecule has 0 atom stereocenters. The van der Waals surface area contributed by atoms with E-state index >= 15 is 0 Å². The molecule has 64 valence electrons. The first-order chi connectivity index (χ1) is 5.66. The third-order valence-corrected chi connectivity index (χ3v) is 1.10. The van der Waals surface area contributed by atoms with Gasteiger partial charge < -0.3 is 5.11 Å². The van der Waals surface area contributed by atoms with Crippen LogP contribution in [-0.2, 0) is 0 Å². The summed E-state index contributed by atoms with van der Waals surface area (Å²) >= 11 is 0. The van der Waals surface area contributed by atoms with Gasteiger partial charge in [-0.15, -0.1) is 5.73 Å². The van der Waals surface area contributed by atoms with Crippen molar-refractivity contribution in [2.24, 2.45) is 0 Å². The molecule has 0 aliphatic heterocycles. The summed E-state index contributed by atoms with van der Waals surface area (Å²) in [7, 11) is 0. The lowest BCUT2D eigenvalue weighted by atomic mass is 10.3. The Morgan fingerprint density at radius 3 is 2.50 bits per heavy atom. The Bertz CT molecular complexity index is 274. The molecular formula is C11H14O. The molecule has 0 spiro atoms. The number of allylic oxidation sites excluding steroid dienone is 2. The van der Waals surface area contributed by atoms with Gasteiger partial charge in [-0.2, -0.15) is 0 Å². The summed E-state index contributed by atoms with van der Waals surface area (Å²) < 4.78 is 0. The maximum Gasteiger partial charge on any atom is 0.0624 e. The topological polar surface area (TPSA) is 20.2 Å². The largest absolute Gasteiger partial charge is 0.392 e. The molecule has 0 bridgehead atoms. The molecule has 0 aliphatic carbocycles. The molecule has 0 saturated heterocycles. The van der Waals surface area contributed by atoms with Crippen molar-refractivity contribution < 1.29 is 5.11 Å². The van der Waals surface area contributed by atoms with Gasteiger partial charge in [0.2, 0.25) is 0 Å². The third-order valence-electron chi connectivity index (χ3n) is 1.10. The molecule has 0 unspecified atom stereocenters. The second-order valence-corrected chi connectivity index (χ2v) is 2.63. The lowest BCUT2D eigenvalue weighted by Crippen LogP contribution is -1.75. The zero-order valence-corrected chi connectivity index (χ0v) is 7.81. The minimum Gasteiger partial charge on any atom is -0.392 e. The van der Waals surface area contributed by atoms with Crippen molar-refractivity contribution in [3.63, 3.8) is 0 Å². The Morgan fingerprint density at radius 1 is 1.33 bits per heavy atom. The summed E-state index contributed by atoms with van der Waals surface area (Å²) in [6.45, 7) is 5.84. The van der Waals surface area contributed by atoms with Crippen LogP contribution in [0.2, 0.25) is 0 Å². The van der Waals surface area contributed by atoms with Crippen molar-refractivity contribution in [2.75, 3.05) is 6.61 Å². The van der Waals surface area contributed by atoms with Gasteiger partial charge in [0.1, 0.15) is 0 Å². The Hall–Kier alpha value is -1.22. The van der Waals surface area contributed by atoms with Gasteiger partial charge in [0, 0.05) is 6.08 Å². The molecule has 0 amide bonds. The van der Waals surface area contributed by atoms with Gasteiger partial charge in [0.15, 0.2) is 0 Å². The van der Waals surface area contributed by atoms with E-state index in [1.807, 2.05) is 20.8 Å². The van der Waals surface area contributed by atoms with Crippen LogP contribution in [0.15, 0.2) is 29.0 Å². The smallest absolute Gasteiger partial charge is 0.0624 e. The zero-order valence-electron chi connectivity index (χ0n) is 7.81. The van der Waals surface area contributed by atoms with Gasteiger partial charge >= 0.3 is 0 Å². The fraction of sp³-hybridized carbons (Fsp3) is 0.364. The Morgan fingerprint density at radius 2 is 2.00 bits per heavy atom. The van der Waals surface area contributed by atoms with Gasteiger partial charge in [-0.25, -0.2) is 0 Å². The zero-order chi connectivity index (χ0) is 9.40. The molecule has 0 aromatic carbocycles. The SMILES string of the molecule is CC(C)=C=CC#CC(C)=CCO. The third kappa shape index (κ3) is 6.89. The average molecular weight is 162 g/mol. The highest BCUT2D eigenvalue weighted by molar-refractivity contribution is 5.31. The molecule has 0 saturated carbocycles. The van der Waals surface area contributed by atoms with Crippen molar-refractivity contribution in [2.45, 2.75) is 20.8 Å². The van der Waals surface area contributed by atoms with Gasteiger partial charge in [0.25, 0.3) is 0 Å². The molecule has 1 heteroatoms. The van der Waals surface area contributed by atoms with E-state index in [0.29, 0.717) is 0 Å². The summed E-state index contributed by atoms with van der Waals surface area (Å²) in [6, 6.07) is 0. The van der Waals surface area contributed by atoms with E-state index in [2.05, 4.69) is 17.6 Å². The van der Waals surface area contributed by atoms with Crippen LogP contribution in [0.3, 0.4) is 0 Å². The first-order valence-corrected chi connectivity index (χ1v) is 3.84. The van der Waals surface area contributed by atoms with Crippen molar-refractivity contribution in [3.8, 4) is 11.8 Å². The van der Waals surface area contributed by atoms with E-state index in [1.54, 1.807) is 12.2 Å². The van der Waals surface area contributed by atoms with E-state index in [9.17, 15) is 0 Å². The molecular weight excluding hydrogens is 148 g/mol. The fourth-order valence-electron chi connectivity index (χ4n) is 0.518. The summed E-state index contributed by atoms with van der Waals surface area (Å²) in [5.41, 5.74) is 4.95. The standard InChI is InChI=1S/C11H14O/c1-10(2)6-4-5-7-11(3)8-9-12/h4,8,12H,9H2,1-3H3. The molecule has 1 N–H and O–H groups in total. The number of aliphatic hydroxyl groups excluding tert-OH is 1. The van der Waals surface area contributed by atoms with Crippen LogP contribution in [0, 0.1) is 11.8 Å². The second-order valence-electron chi connectivity index (χ2n) is 2.63. The molecule has 0 heterocycles. The van der Waals surface area contributed by atoms with E-state index in [0.717, 1.165) is 11.1 Å². The molecule has 0 aromatic rings. The Balaban J connectivity index is 4.25. The monoisotopic (exact) mass is 162 g/mol. The highest BCUT2D eigenvalue weighted by atomic mass is 16.2. The lowest BCUT2D eigenvalue weighted by molar-refractivity contribution is 0.342. The highest BCUT2D eigenvalue weighted by Gasteiger charge is 1.75. The second kappa shape index (κ2) is 6.49. The molecule has 0 fully saturated rings. The maximum atomic E-state index is 8.51. The normalized spacial score (nSPS) is 9.50. The van der Waals surface area contributed by atoms with E-state index in [-0.39, 0.29) is 6.61 Å². The van der Waals surface area contributed by atoms with E-state index < -0.39 is 0 Å². The molecule has 1 nitrogen and oxygen atoms in total. The van der Waals surface area contributed by atoms with Crippen LogP contribution in [0.25, 0.3) is 0 Å². The van der Waals surface area contributed by atoms with Gasteiger partial charge in [-0.1, -0.05) is 11.8 Å². The molecule has 0 radical (unpaired) electrons. The quantitative estimate of drug-likeness (QED) is 0.462. The first kappa shape index (κ1) is 10.8. The van der Waals surface area contributed by atoms with Gasteiger partial charge in [0.05, 0.1) is 6.61 Å². The van der Waals surface area contributed by atoms with Gasteiger partial charge in [-0.3, -0.25) is 0 Å². The van der Waals surface area contributed by atoms with Crippen LogP contribution < -0.4 is 0 Å². The fourth-order valence-corrected chi connectivity index (χ4v) is 0.518. The van der Waals surface area contributed by atoms with Crippen molar-refractivity contribution >= 4 is 0 Å². The van der Waals surface area contributed by atoms with Crippen LogP contribution in [-0.4, -0.2) is 11.7 Å². The summed E-state index contributed by atoms with van der Waals surface area (Å²) in [5.74, 6) is 5.67. The predicted molar refractivity (Wildman–Crippen MR) is 51.6 cm³/mol. The van der Waals surface area contributed by atoms with Gasteiger partial charge in [-0.05, 0) is 38.0 Å². The van der Waals surface area contributed by atoms with Crippen LogP contribution in [0.1, 0.15) is 20.8 Å². The number of hydrogen-bond acceptors (Lipinski definition) is 1. The average Bonchev–Trinajstić information content (AvgIpc) is 1.98. The minimum absolute atomic E-state index is 0.0485. The first-order valence-electron chi connectivity index (χ1n) is 3.84.